The summed E-state index contributed by atoms with van der Waals surface area (Å²) in [6.07, 6.45) is 4.79. The molecule has 2 rings (SSSR count). The van der Waals surface area contributed by atoms with Crippen molar-refractivity contribution in [3.8, 4) is 0 Å². The van der Waals surface area contributed by atoms with Crippen LogP contribution >= 0.6 is 0 Å². The topological polar surface area (TPSA) is 40.5 Å². The van der Waals surface area contributed by atoms with E-state index in [1.807, 2.05) is 0 Å². The number of fused-ring (bicyclic) bond motifs is 2. The van der Waals surface area contributed by atoms with Gasteiger partial charge in [-0.2, -0.15) is 0 Å². The minimum atomic E-state index is -0.0706. The molecule has 0 amide bonds. The average Bonchev–Trinajstić information content (AvgIpc) is 2.02. The summed E-state index contributed by atoms with van der Waals surface area (Å²) in [7, 11) is 0. The monoisotopic (exact) mass is 156 g/mol. The lowest BCUT2D eigenvalue weighted by Gasteiger charge is -2.40. The molecule has 2 aliphatic carbocycles. The first-order valence-corrected chi connectivity index (χ1v) is 4.63. The van der Waals surface area contributed by atoms with E-state index >= 15 is 0 Å². The maximum absolute atomic E-state index is 9.53. The van der Waals surface area contributed by atoms with Crippen LogP contribution in [0.15, 0.2) is 0 Å². The molecular weight excluding hydrogens is 140 g/mol. The molecule has 64 valence electrons. The summed E-state index contributed by atoms with van der Waals surface area (Å²) in [6.45, 7) is 0. The van der Waals surface area contributed by atoms with Gasteiger partial charge in [-0.3, -0.25) is 0 Å². The number of hydrogen-bond donors (Lipinski definition) is 2. The summed E-state index contributed by atoms with van der Waals surface area (Å²) in [4.78, 5) is 0. The highest BCUT2D eigenvalue weighted by Crippen LogP contribution is 2.39. The third kappa shape index (κ3) is 1.30. The van der Waals surface area contributed by atoms with Crippen LogP contribution in [0.1, 0.15) is 32.1 Å². The van der Waals surface area contributed by atoms with Gasteiger partial charge in [-0.15, -0.1) is 0 Å². The van der Waals surface area contributed by atoms with Gasteiger partial charge in [0.1, 0.15) is 0 Å². The molecule has 0 aromatic rings. The van der Waals surface area contributed by atoms with Crippen LogP contribution in [-0.2, 0) is 0 Å². The normalized spacial score (nSPS) is 50.7. The van der Waals surface area contributed by atoms with Crippen molar-refractivity contribution < 1.29 is 10.2 Å². The second-order valence-electron chi connectivity index (χ2n) is 4.05. The quantitative estimate of drug-likeness (QED) is 0.547. The van der Waals surface area contributed by atoms with Gasteiger partial charge in [-0.05, 0) is 43.9 Å². The Morgan fingerprint density at radius 1 is 0.727 bits per heavy atom. The van der Waals surface area contributed by atoms with E-state index < -0.39 is 0 Å². The van der Waals surface area contributed by atoms with E-state index in [-0.39, 0.29) is 12.2 Å². The molecule has 0 aromatic heterocycles. The molecule has 0 spiro atoms. The van der Waals surface area contributed by atoms with E-state index in [9.17, 15) is 10.2 Å². The second kappa shape index (κ2) is 2.76. The Balaban J connectivity index is 2.02. The predicted molar refractivity (Wildman–Crippen MR) is 42.1 cm³/mol. The zero-order valence-corrected chi connectivity index (χ0v) is 6.74. The zero-order chi connectivity index (χ0) is 7.84. The molecule has 0 saturated heterocycles. The van der Waals surface area contributed by atoms with Crippen molar-refractivity contribution in [1.29, 1.82) is 0 Å². The van der Waals surface area contributed by atoms with Crippen molar-refractivity contribution in [3.05, 3.63) is 0 Å². The molecule has 2 saturated carbocycles. The number of rotatable bonds is 0. The van der Waals surface area contributed by atoms with E-state index in [0.717, 1.165) is 32.1 Å². The molecular formula is C9H16O2. The Hall–Kier alpha value is -0.0800. The van der Waals surface area contributed by atoms with Gasteiger partial charge in [0.25, 0.3) is 0 Å². The summed E-state index contributed by atoms with van der Waals surface area (Å²) in [5.74, 6) is 0.995. The Morgan fingerprint density at radius 2 is 1.18 bits per heavy atom. The van der Waals surface area contributed by atoms with Crippen LogP contribution in [0.3, 0.4) is 0 Å². The van der Waals surface area contributed by atoms with Gasteiger partial charge in [-0.1, -0.05) is 0 Å². The summed E-state index contributed by atoms with van der Waals surface area (Å²) in [5.41, 5.74) is 0. The van der Waals surface area contributed by atoms with Crippen LogP contribution in [0.4, 0.5) is 0 Å². The lowest BCUT2D eigenvalue weighted by atomic mass is 9.69. The highest BCUT2D eigenvalue weighted by Gasteiger charge is 2.36. The van der Waals surface area contributed by atoms with Crippen molar-refractivity contribution >= 4 is 0 Å². The van der Waals surface area contributed by atoms with Crippen molar-refractivity contribution in [2.75, 3.05) is 0 Å². The number of aliphatic hydroxyl groups excluding tert-OH is 2. The minimum Gasteiger partial charge on any atom is -0.393 e. The summed E-state index contributed by atoms with van der Waals surface area (Å²) in [5, 5.41) is 19.1. The molecule has 0 heterocycles. The van der Waals surface area contributed by atoms with Crippen LogP contribution in [0.2, 0.25) is 0 Å². The lowest BCUT2D eigenvalue weighted by molar-refractivity contribution is -0.0381. The van der Waals surface area contributed by atoms with Crippen molar-refractivity contribution in [1.82, 2.24) is 0 Å². The molecule has 11 heavy (non-hydrogen) atoms. The molecule has 0 radical (unpaired) electrons. The highest BCUT2D eigenvalue weighted by molar-refractivity contribution is 4.88. The predicted octanol–water partition coefficient (Wildman–Crippen LogP) is 0.918. The van der Waals surface area contributed by atoms with E-state index in [4.69, 9.17) is 0 Å². The van der Waals surface area contributed by atoms with E-state index in [1.54, 1.807) is 0 Å². The van der Waals surface area contributed by atoms with E-state index in [2.05, 4.69) is 0 Å². The Kier molecular flexibility index (Phi) is 1.90. The third-order valence-electron chi connectivity index (χ3n) is 3.36. The molecule has 2 nitrogen and oxygen atoms in total. The average molecular weight is 156 g/mol. The van der Waals surface area contributed by atoms with Gasteiger partial charge in [0, 0.05) is 0 Å². The van der Waals surface area contributed by atoms with Crippen molar-refractivity contribution in [2.45, 2.75) is 44.3 Å². The molecule has 2 fully saturated rings. The van der Waals surface area contributed by atoms with Gasteiger partial charge < -0.3 is 10.2 Å². The van der Waals surface area contributed by atoms with E-state index in [1.165, 1.54) is 0 Å². The second-order valence-corrected chi connectivity index (χ2v) is 4.05. The standard InChI is InChI=1S/C9H16O2/c10-8-3-1-6-5-7(8)2-4-9(6)11/h6-11H,1-5H2/t6-,7-,8+,9?/m0/s1. The Bertz CT molecular complexity index is 130. The van der Waals surface area contributed by atoms with Crippen LogP contribution < -0.4 is 0 Å². The summed E-state index contributed by atoms with van der Waals surface area (Å²) < 4.78 is 0. The Morgan fingerprint density at radius 3 is 1.64 bits per heavy atom. The third-order valence-corrected chi connectivity index (χ3v) is 3.36. The van der Waals surface area contributed by atoms with Crippen molar-refractivity contribution in [2.24, 2.45) is 11.8 Å². The first-order valence-electron chi connectivity index (χ1n) is 4.63. The van der Waals surface area contributed by atoms with Crippen LogP contribution in [-0.4, -0.2) is 22.4 Å². The van der Waals surface area contributed by atoms with Gasteiger partial charge >= 0.3 is 0 Å². The number of hydrogen-bond acceptors (Lipinski definition) is 2. The molecule has 1 unspecified atom stereocenters. The van der Waals surface area contributed by atoms with Crippen LogP contribution in [0.5, 0.6) is 0 Å². The maximum Gasteiger partial charge on any atom is 0.0568 e. The molecule has 2 N–H and O–H groups in total. The van der Waals surface area contributed by atoms with Gasteiger partial charge in [-0.25, -0.2) is 0 Å². The SMILES string of the molecule is OC1CC[C@H]2C[C@@H]1CC[C@H]2O. The maximum atomic E-state index is 9.53. The van der Waals surface area contributed by atoms with E-state index in [0.29, 0.717) is 11.8 Å². The summed E-state index contributed by atoms with van der Waals surface area (Å²) >= 11 is 0. The number of aliphatic hydroxyl groups is 2. The smallest absolute Gasteiger partial charge is 0.0568 e. The molecule has 0 aliphatic heterocycles. The first kappa shape index (κ1) is 7.56. The highest BCUT2D eigenvalue weighted by atomic mass is 16.3. The molecule has 0 aromatic carbocycles. The fourth-order valence-corrected chi connectivity index (χ4v) is 2.56. The minimum absolute atomic E-state index is 0.0706. The van der Waals surface area contributed by atoms with Gasteiger partial charge in [0.15, 0.2) is 0 Å². The van der Waals surface area contributed by atoms with Gasteiger partial charge in [0.05, 0.1) is 12.2 Å². The molecule has 2 bridgehead atoms. The Labute approximate surface area is 67.2 Å². The first-order chi connectivity index (χ1) is 5.27. The fourth-order valence-electron chi connectivity index (χ4n) is 2.56. The van der Waals surface area contributed by atoms with Crippen LogP contribution in [0.25, 0.3) is 0 Å². The van der Waals surface area contributed by atoms with Crippen molar-refractivity contribution in [3.63, 3.8) is 0 Å². The van der Waals surface area contributed by atoms with Gasteiger partial charge in [0.2, 0.25) is 0 Å². The largest absolute Gasteiger partial charge is 0.393 e. The summed E-state index contributed by atoms with van der Waals surface area (Å²) in [6, 6.07) is 0. The lowest BCUT2D eigenvalue weighted by Crippen LogP contribution is -2.39. The zero-order valence-electron chi connectivity index (χ0n) is 6.74. The fraction of sp³-hybridized carbons (Fsp3) is 1.00. The molecule has 2 aliphatic rings. The molecule has 2 heteroatoms. The van der Waals surface area contributed by atoms with Crippen LogP contribution in [0, 0.1) is 11.8 Å². The molecule has 4 atom stereocenters.